The van der Waals surface area contributed by atoms with E-state index in [1.165, 1.54) is 6.42 Å². The topological polar surface area (TPSA) is 81.1 Å². The van der Waals surface area contributed by atoms with Crippen molar-refractivity contribution in [3.05, 3.63) is 12.2 Å². The van der Waals surface area contributed by atoms with Gasteiger partial charge >= 0.3 is 6.09 Å². The number of carbonyl (C=O) groups excluding carboxylic acids is 1. The van der Waals surface area contributed by atoms with E-state index in [-0.39, 0.29) is 6.09 Å². The van der Waals surface area contributed by atoms with Gasteiger partial charge in [0.1, 0.15) is 11.9 Å². The molecule has 1 saturated carbocycles. The highest BCUT2D eigenvalue weighted by atomic mass is 16.6. The van der Waals surface area contributed by atoms with Crippen LogP contribution >= 0.6 is 0 Å². The van der Waals surface area contributed by atoms with Crippen LogP contribution in [0.4, 0.5) is 4.79 Å². The number of ether oxygens (including phenoxy) is 1. The van der Waals surface area contributed by atoms with Crippen LogP contribution in [0.5, 0.6) is 0 Å². The van der Waals surface area contributed by atoms with Gasteiger partial charge in [0.2, 0.25) is 0 Å². The molecule has 0 saturated heterocycles. The Morgan fingerprint density at radius 2 is 2.22 bits per heavy atom. The lowest BCUT2D eigenvalue weighted by atomic mass is 10.0. The van der Waals surface area contributed by atoms with Crippen LogP contribution in [-0.4, -0.2) is 45.6 Å². The van der Waals surface area contributed by atoms with E-state index in [1.54, 1.807) is 11.0 Å². The molecule has 1 amide bonds. The third-order valence-corrected chi connectivity index (χ3v) is 3.97. The van der Waals surface area contributed by atoms with E-state index in [0.717, 1.165) is 31.6 Å². The Labute approximate surface area is 138 Å². The summed E-state index contributed by atoms with van der Waals surface area (Å²) >= 11 is 0. The van der Waals surface area contributed by atoms with Crippen LogP contribution in [0, 0.1) is 5.92 Å². The lowest BCUT2D eigenvalue weighted by Gasteiger charge is -2.23. The molecule has 2 N–H and O–H groups in total. The summed E-state index contributed by atoms with van der Waals surface area (Å²) in [5.41, 5.74) is -0.451. The van der Waals surface area contributed by atoms with Gasteiger partial charge < -0.3 is 15.4 Å². The lowest BCUT2D eigenvalue weighted by molar-refractivity contribution is 0.0517. The zero-order valence-corrected chi connectivity index (χ0v) is 14.6. The summed E-state index contributed by atoms with van der Waals surface area (Å²) in [4.78, 5) is 16.0. The molecule has 7 heteroatoms. The zero-order valence-electron chi connectivity index (χ0n) is 14.6. The van der Waals surface area contributed by atoms with E-state index in [1.807, 2.05) is 27.8 Å². The Morgan fingerprint density at radius 1 is 1.43 bits per heavy atom. The number of amides is 1. The van der Waals surface area contributed by atoms with E-state index in [0.29, 0.717) is 18.5 Å². The fraction of sp³-hybridized carbons (Fsp3) is 0.812. The molecule has 23 heavy (non-hydrogen) atoms. The average Bonchev–Trinajstić information content (AvgIpc) is 3.04. The molecule has 2 rings (SSSR count). The molecule has 1 aliphatic carbocycles. The van der Waals surface area contributed by atoms with Gasteiger partial charge in [0, 0.05) is 32.6 Å². The predicted octanol–water partition coefficient (Wildman–Crippen LogP) is 1.64. The van der Waals surface area contributed by atoms with Crippen LogP contribution in [0.3, 0.4) is 0 Å². The molecule has 1 aromatic rings. The number of hydrogen-bond donors (Lipinski definition) is 2. The molecule has 1 aromatic heterocycles. The highest BCUT2D eigenvalue weighted by molar-refractivity contribution is 5.67. The Bertz CT molecular complexity index is 509. The van der Waals surface area contributed by atoms with Crippen molar-refractivity contribution in [2.45, 2.75) is 58.1 Å². The van der Waals surface area contributed by atoms with E-state index >= 15 is 0 Å². The first-order valence-corrected chi connectivity index (χ1v) is 8.38. The SMILES string of the molecule is Cn1cnc(CCNC2CCCC2CNC(=O)OC(C)(C)C)n1. The van der Waals surface area contributed by atoms with Gasteiger partial charge in [-0.3, -0.25) is 4.68 Å². The standard InChI is InChI=1S/C16H29N5O2/c1-16(2,3)23-15(22)18-10-12-6-5-7-13(12)17-9-8-14-19-11-21(4)20-14/h11-13,17H,5-10H2,1-4H3,(H,18,22). The fourth-order valence-corrected chi connectivity index (χ4v) is 2.95. The molecular weight excluding hydrogens is 294 g/mol. The normalized spacial score (nSPS) is 21.4. The van der Waals surface area contributed by atoms with Gasteiger partial charge in [-0.05, 0) is 39.5 Å². The molecule has 0 radical (unpaired) electrons. The quantitative estimate of drug-likeness (QED) is 0.832. The van der Waals surface area contributed by atoms with Crippen molar-refractivity contribution in [3.8, 4) is 0 Å². The second-order valence-electron chi connectivity index (χ2n) is 7.22. The minimum absolute atomic E-state index is 0.333. The molecule has 2 atom stereocenters. The summed E-state index contributed by atoms with van der Waals surface area (Å²) in [6.07, 6.45) is 5.69. The van der Waals surface area contributed by atoms with Gasteiger partial charge in [-0.1, -0.05) is 6.42 Å². The van der Waals surface area contributed by atoms with E-state index in [2.05, 4.69) is 20.7 Å². The highest BCUT2D eigenvalue weighted by Gasteiger charge is 2.27. The fourth-order valence-electron chi connectivity index (χ4n) is 2.95. The first-order valence-electron chi connectivity index (χ1n) is 8.38. The Kier molecular flexibility index (Phi) is 5.98. The van der Waals surface area contributed by atoms with E-state index in [4.69, 9.17) is 4.74 Å². The maximum atomic E-state index is 11.8. The molecule has 1 aliphatic rings. The summed E-state index contributed by atoms with van der Waals surface area (Å²) in [6, 6.07) is 0.439. The van der Waals surface area contributed by atoms with E-state index < -0.39 is 5.60 Å². The predicted molar refractivity (Wildman–Crippen MR) is 88.1 cm³/mol. The van der Waals surface area contributed by atoms with Gasteiger partial charge in [-0.2, -0.15) is 5.10 Å². The smallest absolute Gasteiger partial charge is 0.407 e. The van der Waals surface area contributed by atoms with Crippen molar-refractivity contribution in [3.63, 3.8) is 0 Å². The lowest BCUT2D eigenvalue weighted by Crippen LogP contribution is -2.41. The van der Waals surface area contributed by atoms with Crippen molar-refractivity contribution in [1.82, 2.24) is 25.4 Å². The minimum atomic E-state index is -0.451. The molecule has 2 unspecified atom stereocenters. The summed E-state index contributed by atoms with van der Waals surface area (Å²) in [7, 11) is 1.87. The zero-order chi connectivity index (χ0) is 16.9. The van der Waals surface area contributed by atoms with Gasteiger partial charge in [0.25, 0.3) is 0 Å². The van der Waals surface area contributed by atoms with Crippen molar-refractivity contribution < 1.29 is 9.53 Å². The second kappa shape index (κ2) is 7.77. The van der Waals surface area contributed by atoms with Gasteiger partial charge in [-0.15, -0.1) is 0 Å². The summed E-state index contributed by atoms with van der Waals surface area (Å²) in [5, 5.41) is 10.8. The number of aromatic nitrogens is 3. The van der Waals surface area contributed by atoms with Crippen LogP contribution in [0.1, 0.15) is 45.9 Å². The van der Waals surface area contributed by atoms with Crippen molar-refractivity contribution in [2.75, 3.05) is 13.1 Å². The van der Waals surface area contributed by atoms with Crippen molar-refractivity contribution >= 4 is 6.09 Å². The number of nitrogens with one attached hydrogen (secondary N) is 2. The van der Waals surface area contributed by atoms with Crippen LogP contribution in [0.25, 0.3) is 0 Å². The minimum Gasteiger partial charge on any atom is -0.444 e. The molecule has 0 bridgehead atoms. The number of nitrogens with zero attached hydrogens (tertiary/aromatic N) is 3. The molecular formula is C16H29N5O2. The van der Waals surface area contributed by atoms with Gasteiger partial charge in [-0.25, -0.2) is 9.78 Å². The van der Waals surface area contributed by atoms with Crippen LogP contribution in [-0.2, 0) is 18.2 Å². The molecule has 0 aromatic carbocycles. The van der Waals surface area contributed by atoms with Crippen LogP contribution in [0.2, 0.25) is 0 Å². The number of hydrogen-bond acceptors (Lipinski definition) is 5. The molecule has 130 valence electrons. The maximum absolute atomic E-state index is 11.8. The molecule has 7 nitrogen and oxygen atoms in total. The molecule has 1 fully saturated rings. The third kappa shape index (κ3) is 6.17. The molecule has 1 heterocycles. The van der Waals surface area contributed by atoms with Crippen molar-refractivity contribution in [2.24, 2.45) is 13.0 Å². The van der Waals surface area contributed by atoms with E-state index in [9.17, 15) is 4.79 Å². The largest absolute Gasteiger partial charge is 0.444 e. The summed E-state index contributed by atoms with van der Waals surface area (Å²) in [6.45, 7) is 7.14. The average molecular weight is 323 g/mol. The Morgan fingerprint density at radius 3 is 2.87 bits per heavy atom. The first-order chi connectivity index (χ1) is 10.8. The number of alkyl carbamates (subject to hydrolysis) is 1. The number of carbonyl (C=O) groups is 1. The maximum Gasteiger partial charge on any atom is 0.407 e. The summed E-state index contributed by atoms with van der Waals surface area (Å²) in [5.74, 6) is 1.32. The Balaban J connectivity index is 1.69. The molecule has 0 aliphatic heterocycles. The van der Waals surface area contributed by atoms with Crippen LogP contribution in [0.15, 0.2) is 6.33 Å². The van der Waals surface area contributed by atoms with Crippen LogP contribution < -0.4 is 10.6 Å². The number of rotatable bonds is 6. The third-order valence-electron chi connectivity index (χ3n) is 3.97. The number of aryl methyl sites for hydroxylation is 1. The highest BCUT2D eigenvalue weighted by Crippen LogP contribution is 2.25. The monoisotopic (exact) mass is 323 g/mol. The Hall–Kier alpha value is -1.63. The van der Waals surface area contributed by atoms with Gasteiger partial charge in [0.15, 0.2) is 5.82 Å². The van der Waals surface area contributed by atoms with Gasteiger partial charge in [0.05, 0.1) is 0 Å². The summed E-state index contributed by atoms with van der Waals surface area (Å²) < 4.78 is 7.01. The molecule has 0 spiro atoms. The second-order valence-corrected chi connectivity index (χ2v) is 7.22. The first kappa shape index (κ1) is 17.7. The van der Waals surface area contributed by atoms with Crippen molar-refractivity contribution in [1.29, 1.82) is 0 Å².